The van der Waals surface area contributed by atoms with Gasteiger partial charge in [0.15, 0.2) is 0 Å². The quantitative estimate of drug-likeness (QED) is 0.586. The molecule has 1 atom stereocenters. The number of amides is 1. The van der Waals surface area contributed by atoms with E-state index in [1.54, 1.807) is 0 Å². The minimum Gasteiger partial charge on any atom is -0.368 e. The number of nitrogens with zero attached hydrogens (tertiary/aromatic N) is 5. The molecule has 2 heterocycles. The predicted octanol–water partition coefficient (Wildman–Crippen LogP) is 3.24. The van der Waals surface area contributed by atoms with Crippen LogP contribution in [0.4, 0.5) is 5.82 Å². The molecule has 1 saturated heterocycles. The summed E-state index contributed by atoms with van der Waals surface area (Å²) in [6.45, 7) is 5.72. The molecule has 8 heteroatoms. The first-order valence-corrected chi connectivity index (χ1v) is 11.7. The fourth-order valence-electron chi connectivity index (χ4n) is 3.98. The Morgan fingerprint density at radius 1 is 1.22 bits per heavy atom. The largest absolute Gasteiger partial charge is 0.368 e. The van der Waals surface area contributed by atoms with E-state index in [0.29, 0.717) is 34.0 Å². The van der Waals surface area contributed by atoms with Gasteiger partial charge in [0, 0.05) is 20.1 Å². The van der Waals surface area contributed by atoms with Crippen LogP contribution < -0.4 is 10.6 Å². The van der Waals surface area contributed by atoms with Gasteiger partial charge in [-0.3, -0.25) is 4.79 Å². The lowest BCUT2D eigenvalue weighted by Gasteiger charge is -2.25. The molecule has 1 aliphatic heterocycles. The average molecular weight is 449 g/mol. The SMILES string of the molecule is CCc1c(C#N)c(SC(C(N)=O)c2ccccc2)nc(N(C)CCN2CCCC2)c1C#N. The minimum absolute atomic E-state index is 0.341. The van der Waals surface area contributed by atoms with Crippen LogP contribution in [-0.4, -0.2) is 49.0 Å². The number of nitrogens with two attached hydrogens (primary N) is 1. The second-order valence-corrected chi connectivity index (χ2v) is 8.92. The van der Waals surface area contributed by atoms with Crippen LogP contribution in [0.15, 0.2) is 35.4 Å². The van der Waals surface area contributed by atoms with Gasteiger partial charge in [-0.05, 0) is 43.5 Å². The van der Waals surface area contributed by atoms with Crippen molar-refractivity contribution in [1.82, 2.24) is 9.88 Å². The second-order valence-electron chi connectivity index (χ2n) is 7.83. The lowest BCUT2D eigenvalue weighted by Crippen LogP contribution is -2.32. The lowest BCUT2D eigenvalue weighted by molar-refractivity contribution is -0.117. The standard InChI is InChI=1S/C24H28N6OS/c1-3-18-19(15-25)23(29(2)13-14-30-11-7-8-12-30)28-24(20(18)16-26)32-21(22(27)31)17-9-5-4-6-10-17/h4-6,9-10,21H,3,7-8,11-14H2,1-2H3,(H2,27,31). The molecule has 1 aromatic carbocycles. The fourth-order valence-corrected chi connectivity index (χ4v) is 5.04. The van der Waals surface area contributed by atoms with E-state index in [2.05, 4.69) is 17.0 Å². The van der Waals surface area contributed by atoms with Crippen molar-refractivity contribution in [2.24, 2.45) is 5.73 Å². The topological polar surface area (TPSA) is 110 Å². The van der Waals surface area contributed by atoms with Gasteiger partial charge in [0.1, 0.15) is 28.2 Å². The van der Waals surface area contributed by atoms with E-state index in [9.17, 15) is 15.3 Å². The highest BCUT2D eigenvalue weighted by atomic mass is 32.2. The molecule has 2 aromatic rings. The number of benzene rings is 1. The Morgan fingerprint density at radius 2 is 1.88 bits per heavy atom. The summed E-state index contributed by atoms with van der Waals surface area (Å²) >= 11 is 1.17. The van der Waals surface area contributed by atoms with E-state index < -0.39 is 11.2 Å². The molecule has 0 spiro atoms. The number of primary amides is 1. The molecule has 1 amide bonds. The molecular formula is C24H28N6OS. The Hall–Kier alpha value is -3.07. The smallest absolute Gasteiger partial charge is 0.235 e. The van der Waals surface area contributed by atoms with Gasteiger partial charge in [0.2, 0.25) is 5.91 Å². The van der Waals surface area contributed by atoms with E-state index in [-0.39, 0.29) is 0 Å². The van der Waals surface area contributed by atoms with Gasteiger partial charge < -0.3 is 15.5 Å². The molecule has 0 radical (unpaired) electrons. The van der Waals surface area contributed by atoms with Gasteiger partial charge >= 0.3 is 0 Å². The van der Waals surface area contributed by atoms with E-state index in [0.717, 1.165) is 31.7 Å². The van der Waals surface area contributed by atoms with Crippen molar-refractivity contribution >= 4 is 23.5 Å². The summed E-state index contributed by atoms with van der Waals surface area (Å²) < 4.78 is 0. The molecule has 32 heavy (non-hydrogen) atoms. The Morgan fingerprint density at radius 3 is 2.44 bits per heavy atom. The number of pyridine rings is 1. The highest BCUT2D eigenvalue weighted by Crippen LogP contribution is 2.39. The number of nitriles is 2. The fraction of sp³-hybridized carbons (Fsp3) is 0.417. The molecule has 166 valence electrons. The van der Waals surface area contributed by atoms with Gasteiger partial charge in [-0.1, -0.05) is 49.0 Å². The highest BCUT2D eigenvalue weighted by Gasteiger charge is 2.26. The van der Waals surface area contributed by atoms with Gasteiger partial charge in [-0.15, -0.1) is 0 Å². The number of anilines is 1. The molecule has 7 nitrogen and oxygen atoms in total. The van der Waals surface area contributed by atoms with Crippen LogP contribution >= 0.6 is 11.8 Å². The van der Waals surface area contributed by atoms with Crippen LogP contribution in [0.1, 0.15) is 47.3 Å². The molecule has 0 bridgehead atoms. The van der Waals surface area contributed by atoms with Crippen molar-refractivity contribution in [3.8, 4) is 12.1 Å². The number of likely N-dealkylation sites (tertiary alicyclic amines) is 1. The summed E-state index contributed by atoms with van der Waals surface area (Å²) in [5.41, 5.74) is 7.89. The Balaban J connectivity index is 2.01. The summed E-state index contributed by atoms with van der Waals surface area (Å²) in [5.74, 6) is 0.0413. The number of hydrogen-bond acceptors (Lipinski definition) is 7. The van der Waals surface area contributed by atoms with Crippen molar-refractivity contribution in [2.45, 2.75) is 36.5 Å². The lowest BCUT2D eigenvalue weighted by atomic mass is 10.0. The maximum atomic E-state index is 12.3. The maximum Gasteiger partial charge on any atom is 0.235 e. The highest BCUT2D eigenvalue weighted by molar-refractivity contribution is 8.00. The Labute approximate surface area is 193 Å². The second kappa shape index (κ2) is 11.0. The Kier molecular flexibility index (Phi) is 8.10. The molecular weight excluding hydrogens is 420 g/mol. The predicted molar refractivity (Wildman–Crippen MR) is 126 cm³/mol. The number of thioether (sulfide) groups is 1. The van der Waals surface area contributed by atoms with Crippen LogP contribution in [0.2, 0.25) is 0 Å². The maximum absolute atomic E-state index is 12.3. The van der Waals surface area contributed by atoms with Crippen LogP contribution in [-0.2, 0) is 11.2 Å². The van der Waals surface area contributed by atoms with Crippen molar-refractivity contribution in [3.05, 3.63) is 52.6 Å². The number of carbonyl (C=O) groups excluding carboxylic acids is 1. The van der Waals surface area contributed by atoms with E-state index >= 15 is 0 Å². The summed E-state index contributed by atoms with van der Waals surface area (Å²) in [6, 6.07) is 13.7. The van der Waals surface area contributed by atoms with Crippen molar-refractivity contribution in [2.75, 3.05) is 38.1 Å². The first kappa shape index (κ1) is 23.6. The van der Waals surface area contributed by atoms with Crippen LogP contribution in [0.25, 0.3) is 0 Å². The monoisotopic (exact) mass is 448 g/mol. The third kappa shape index (κ3) is 5.21. The third-order valence-electron chi connectivity index (χ3n) is 5.73. The normalized spacial score (nSPS) is 14.5. The molecule has 1 aliphatic rings. The summed E-state index contributed by atoms with van der Waals surface area (Å²) in [6.07, 6.45) is 2.95. The first-order chi connectivity index (χ1) is 15.5. The van der Waals surface area contributed by atoms with Crippen LogP contribution in [0.3, 0.4) is 0 Å². The van der Waals surface area contributed by atoms with Gasteiger partial charge in [0.05, 0.1) is 11.1 Å². The van der Waals surface area contributed by atoms with E-state index in [1.165, 1.54) is 24.6 Å². The van der Waals surface area contributed by atoms with Crippen LogP contribution in [0, 0.1) is 22.7 Å². The Bertz CT molecular complexity index is 1040. The molecule has 1 aromatic heterocycles. The number of likely N-dealkylation sites (N-methyl/N-ethyl adjacent to an activating group) is 1. The molecule has 0 saturated carbocycles. The van der Waals surface area contributed by atoms with Crippen molar-refractivity contribution in [1.29, 1.82) is 10.5 Å². The number of carbonyl (C=O) groups is 1. The van der Waals surface area contributed by atoms with Gasteiger partial charge in [-0.25, -0.2) is 4.98 Å². The zero-order valence-electron chi connectivity index (χ0n) is 18.5. The van der Waals surface area contributed by atoms with Gasteiger partial charge in [0.25, 0.3) is 0 Å². The number of rotatable bonds is 9. The zero-order chi connectivity index (χ0) is 23.1. The van der Waals surface area contributed by atoms with Gasteiger partial charge in [-0.2, -0.15) is 10.5 Å². The molecule has 1 unspecified atom stereocenters. The third-order valence-corrected chi connectivity index (χ3v) is 6.99. The summed E-state index contributed by atoms with van der Waals surface area (Å²) in [4.78, 5) is 21.4. The zero-order valence-corrected chi connectivity index (χ0v) is 19.4. The summed E-state index contributed by atoms with van der Waals surface area (Å²) in [5, 5.41) is 19.5. The first-order valence-electron chi connectivity index (χ1n) is 10.8. The summed E-state index contributed by atoms with van der Waals surface area (Å²) in [7, 11) is 1.92. The molecule has 0 aliphatic carbocycles. The van der Waals surface area contributed by atoms with Crippen LogP contribution in [0.5, 0.6) is 0 Å². The molecule has 3 rings (SSSR count). The molecule has 2 N–H and O–H groups in total. The van der Waals surface area contributed by atoms with Crippen molar-refractivity contribution < 1.29 is 4.79 Å². The number of hydrogen-bond donors (Lipinski definition) is 1. The van der Waals surface area contributed by atoms with E-state index in [1.807, 2.05) is 49.2 Å². The van der Waals surface area contributed by atoms with Crippen molar-refractivity contribution in [3.63, 3.8) is 0 Å². The minimum atomic E-state index is -0.684. The average Bonchev–Trinajstić information content (AvgIpc) is 3.33. The van der Waals surface area contributed by atoms with E-state index in [4.69, 9.17) is 10.7 Å². The molecule has 1 fully saturated rings. The number of aromatic nitrogens is 1.